The molecule has 5 heteroatoms. The SMILES string of the molecule is Cc1cccc(/C=C2\SC(=Nc3cc(C)c(Br)c(C)c3)NC2=O)c1. The number of aryl methyl sites for hydroxylation is 3. The number of rotatable bonds is 2. The van der Waals surface area contributed by atoms with Crippen molar-refractivity contribution in [2.45, 2.75) is 20.8 Å². The number of carbonyl (C=O) groups excluding carboxylic acids is 1. The molecule has 0 unspecified atom stereocenters. The highest BCUT2D eigenvalue weighted by molar-refractivity contribution is 9.10. The van der Waals surface area contributed by atoms with Crippen LogP contribution in [0.3, 0.4) is 0 Å². The average Bonchev–Trinajstić information content (AvgIpc) is 2.84. The summed E-state index contributed by atoms with van der Waals surface area (Å²) < 4.78 is 1.09. The first kappa shape index (κ1) is 17.0. The Morgan fingerprint density at radius 1 is 1.12 bits per heavy atom. The van der Waals surface area contributed by atoms with Crippen molar-refractivity contribution in [3.63, 3.8) is 0 Å². The fraction of sp³-hybridized carbons (Fsp3) is 0.158. The monoisotopic (exact) mass is 400 g/mol. The van der Waals surface area contributed by atoms with Crippen molar-refractivity contribution in [1.29, 1.82) is 0 Å². The summed E-state index contributed by atoms with van der Waals surface area (Å²) in [5.41, 5.74) is 5.28. The molecule has 0 bridgehead atoms. The maximum absolute atomic E-state index is 12.2. The highest BCUT2D eigenvalue weighted by Gasteiger charge is 2.23. The first-order valence-corrected chi connectivity index (χ1v) is 9.16. The lowest BCUT2D eigenvalue weighted by atomic mass is 10.1. The van der Waals surface area contributed by atoms with Crippen LogP contribution < -0.4 is 5.32 Å². The van der Waals surface area contributed by atoms with Crippen molar-refractivity contribution < 1.29 is 4.79 Å². The van der Waals surface area contributed by atoms with E-state index in [1.807, 2.05) is 57.2 Å². The molecule has 122 valence electrons. The zero-order valence-corrected chi connectivity index (χ0v) is 16.1. The molecule has 1 aliphatic rings. The number of aliphatic imine (C=N–C) groups is 1. The Bertz CT molecular complexity index is 864. The minimum absolute atomic E-state index is 0.106. The van der Waals surface area contributed by atoms with Crippen LogP contribution in [0, 0.1) is 20.8 Å². The van der Waals surface area contributed by atoms with Crippen molar-refractivity contribution in [3.8, 4) is 0 Å². The van der Waals surface area contributed by atoms with Crippen LogP contribution in [0.2, 0.25) is 0 Å². The Hall–Kier alpha value is -1.85. The molecule has 1 aliphatic heterocycles. The highest BCUT2D eigenvalue weighted by Crippen LogP contribution is 2.31. The molecule has 1 amide bonds. The van der Waals surface area contributed by atoms with Crippen LogP contribution >= 0.6 is 27.7 Å². The molecule has 0 spiro atoms. The van der Waals surface area contributed by atoms with Gasteiger partial charge in [0, 0.05) is 4.47 Å². The smallest absolute Gasteiger partial charge is 0.264 e. The number of hydrogen-bond donors (Lipinski definition) is 1. The van der Waals surface area contributed by atoms with Gasteiger partial charge in [-0.15, -0.1) is 0 Å². The number of hydrogen-bond acceptors (Lipinski definition) is 3. The van der Waals surface area contributed by atoms with E-state index in [0.717, 1.165) is 26.9 Å². The second kappa shape index (κ2) is 6.95. The first-order chi connectivity index (χ1) is 11.4. The number of carbonyl (C=O) groups is 1. The third kappa shape index (κ3) is 3.79. The van der Waals surface area contributed by atoms with Crippen LogP contribution in [-0.4, -0.2) is 11.1 Å². The third-order valence-electron chi connectivity index (χ3n) is 3.64. The molecule has 1 fully saturated rings. The van der Waals surface area contributed by atoms with Crippen LogP contribution in [0.4, 0.5) is 5.69 Å². The summed E-state index contributed by atoms with van der Waals surface area (Å²) in [6.45, 7) is 6.10. The quantitative estimate of drug-likeness (QED) is 0.697. The summed E-state index contributed by atoms with van der Waals surface area (Å²) in [6, 6.07) is 12.1. The molecule has 1 N–H and O–H groups in total. The fourth-order valence-corrected chi connectivity index (χ4v) is 3.57. The zero-order chi connectivity index (χ0) is 17.3. The molecule has 0 aromatic heterocycles. The van der Waals surface area contributed by atoms with Crippen molar-refractivity contribution in [1.82, 2.24) is 5.32 Å². The Balaban J connectivity index is 1.87. The lowest BCUT2D eigenvalue weighted by molar-refractivity contribution is -0.115. The van der Waals surface area contributed by atoms with E-state index in [-0.39, 0.29) is 5.91 Å². The minimum atomic E-state index is -0.106. The van der Waals surface area contributed by atoms with Gasteiger partial charge in [0.05, 0.1) is 10.6 Å². The first-order valence-electron chi connectivity index (χ1n) is 7.55. The maximum atomic E-state index is 12.2. The van der Waals surface area contributed by atoms with E-state index in [1.54, 1.807) is 0 Å². The van der Waals surface area contributed by atoms with Crippen LogP contribution in [0.25, 0.3) is 6.08 Å². The summed E-state index contributed by atoms with van der Waals surface area (Å²) in [7, 11) is 0. The topological polar surface area (TPSA) is 41.5 Å². The molecule has 0 aliphatic carbocycles. The lowest BCUT2D eigenvalue weighted by Crippen LogP contribution is -2.19. The number of nitrogens with zero attached hydrogens (tertiary/aromatic N) is 1. The predicted molar refractivity (Wildman–Crippen MR) is 106 cm³/mol. The molecule has 2 aromatic carbocycles. The largest absolute Gasteiger partial charge is 0.300 e. The predicted octanol–water partition coefficient (Wildman–Crippen LogP) is 5.27. The van der Waals surface area contributed by atoms with Gasteiger partial charge in [0.15, 0.2) is 5.17 Å². The van der Waals surface area contributed by atoms with Gasteiger partial charge in [-0.2, -0.15) is 0 Å². The van der Waals surface area contributed by atoms with Crippen molar-refractivity contribution in [2.75, 3.05) is 0 Å². The van der Waals surface area contributed by atoms with E-state index in [0.29, 0.717) is 10.1 Å². The van der Waals surface area contributed by atoms with E-state index < -0.39 is 0 Å². The van der Waals surface area contributed by atoms with Gasteiger partial charge >= 0.3 is 0 Å². The van der Waals surface area contributed by atoms with Crippen LogP contribution in [0.15, 0.2) is 50.8 Å². The highest BCUT2D eigenvalue weighted by atomic mass is 79.9. The molecule has 1 saturated heterocycles. The molecule has 1 heterocycles. The summed E-state index contributed by atoms with van der Waals surface area (Å²) in [5.74, 6) is -0.106. The Morgan fingerprint density at radius 3 is 2.50 bits per heavy atom. The third-order valence-corrected chi connectivity index (χ3v) is 5.80. The standard InChI is InChI=1S/C19H17BrN2OS/c1-11-5-4-6-14(7-11)10-16-18(23)22-19(24-16)21-15-8-12(2)17(20)13(3)9-15/h4-10H,1-3H3,(H,21,22,23)/b16-10-. The zero-order valence-electron chi connectivity index (χ0n) is 13.7. The van der Waals surface area contributed by atoms with Gasteiger partial charge in [-0.05, 0) is 67.4 Å². The molecule has 0 atom stereocenters. The van der Waals surface area contributed by atoms with E-state index in [9.17, 15) is 4.79 Å². The van der Waals surface area contributed by atoms with Crippen molar-refractivity contribution in [3.05, 3.63) is 68.0 Å². The van der Waals surface area contributed by atoms with Crippen molar-refractivity contribution in [2.24, 2.45) is 4.99 Å². The van der Waals surface area contributed by atoms with Crippen LogP contribution in [0.5, 0.6) is 0 Å². The Kier molecular flexibility index (Phi) is 4.92. The lowest BCUT2D eigenvalue weighted by Gasteiger charge is -2.04. The van der Waals surface area contributed by atoms with Crippen molar-refractivity contribution >= 4 is 50.5 Å². The number of thioether (sulfide) groups is 1. The van der Waals surface area contributed by atoms with E-state index >= 15 is 0 Å². The van der Waals surface area contributed by atoms with E-state index in [1.165, 1.54) is 17.3 Å². The molecular weight excluding hydrogens is 384 g/mol. The number of amides is 1. The number of nitrogens with one attached hydrogen (secondary N) is 1. The molecule has 0 radical (unpaired) electrons. The Morgan fingerprint density at radius 2 is 1.83 bits per heavy atom. The number of halogens is 1. The summed E-state index contributed by atoms with van der Waals surface area (Å²) in [4.78, 5) is 17.4. The molecule has 3 nitrogen and oxygen atoms in total. The van der Waals surface area contributed by atoms with Gasteiger partial charge in [0.2, 0.25) is 0 Å². The minimum Gasteiger partial charge on any atom is -0.300 e. The summed E-state index contributed by atoms with van der Waals surface area (Å²) >= 11 is 4.92. The number of amidine groups is 1. The summed E-state index contributed by atoms with van der Waals surface area (Å²) in [5, 5.41) is 3.45. The second-order valence-electron chi connectivity index (χ2n) is 5.79. The second-order valence-corrected chi connectivity index (χ2v) is 7.61. The number of benzene rings is 2. The molecule has 2 aromatic rings. The van der Waals surface area contributed by atoms with Gasteiger partial charge in [0.25, 0.3) is 5.91 Å². The van der Waals surface area contributed by atoms with Gasteiger partial charge in [-0.1, -0.05) is 45.8 Å². The normalized spacial score (nSPS) is 17.6. The van der Waals surface area contributed by atoms with Gasteiger partial charge < -0.3 is 5.32 Å². The van der Waals surface area contributed by atoms with Gasteiger partial charge in [0.1, 0.15) is 0 Å². The molecule has 24 heavy (non-hydrogen) atoms. The van der Waals surface area contributed by atoms with Gasteiger partial charge in [-0.3, -0.25) is 4.79 Å². The van der Waals surface area contributed by atoms with Gasteiger partial charge in [-0.25, -0.2) is 4.99 Å². The maximum Gasteiger partial charge on any atom is 0.264 e. The van der Waals surface area contributed by atoms with E-state index in [4.69, 9.17) is 0 Å². The molecule has 0 saturated carbocycles. The fourth-order valence-electron chi connectivity index (χ4n) is 2.50. The molecule has 3 rings (SSSR count). The summed E-state index contributed by atoms with van der Waals surface area (Å²) in [6.07, 6.45) is 1.90. The average molecular weight is 401 g/mol. The van der Waals surface area contributed by atoms with Crippen LogP contribution in [-0.2, 0) is 4.79 Å². The van der Waals surface area contributed by atoms with Crippen LogP contribution in [0.1, 0.15) is 22.3 Å². The molecular formula is C19H17BrN2OS. The Labute approximate surface area is 154 Å². The van der Waals surface area contributed by atoms with E-state index in [2.05, 4.69) is 32.3 Å².